The van der Waals surface area contributed by atoms with Crippen LogP contribution in [0.3, 0.4) is 0 Å². The van der Waals surface area contributed by atoms with Crippen LogP contribution >= 0.6 is 23.4 Å². The number of hydrogen-bond acceptors (Lipinski definition) is 4. The number of nitrogens with one attached hydrogen (secondary N) is 2. The van der Waals surface area contributed by atoms with Crippen molar-refractivity contribution in [3.05, 3.63) is 64.7 Å². The van der Waals surface area contributed by atoms with Gasteiger partial charge < -0.3 is 15.7 Å². The van der Waals surface area contributed by atoms with E-state index >= 15 is 0 Å². The summed E-state index contributed by atoms with van der Waals surface area (Å²) in [6.07, 6.45) is 0.385. The molecule has 0 aliphatic carbocycles. The summed E-state index contributed by atoms with van der Waals surface area (Å²) in [5.74, 6) is 1.08. The Hall–Kier alpha value is -1.04. The average molecular weight is 379 g/mol. The third-order valence-corrected chi connectivity index (χ3v) is 5.23. The summed E-state index contributed by atoms with van der Waals surface area (Å²) in [4.78, 5) is 1.30. The van der Waals surface area contributed by atoms with Gasteiger partial charge in [0, 0.05) is 34.8 Å². The van der Waals surface area contributed by atoms with Gasteiger partial charge >= 0.3 is 0 Å². The Morgan fingerprint density at radius 2 is 1.92 bits per heavy atom. The first-order valence-electron chi connectivity index (χ1n) is 8.61. The summed E-state index contributed by atoms with van der Waals surface area (Å²) in [6, 6.07) is 16.4. The van der Waals surface area contributed by atoms with Gasteiger partial charge in [0.1, 0.15) is 0 Å². The van der Waals surface area contributed by atoms with Crippen LogP contribution in [0.4, 0.5) is 0 Å². The SMILES string of the molecule is CNCCSc1ccc(CC(C)NCC(O)c2cccc(Cl)c2)cc1. The molecular formula is C20H27ClN2OS. The van der Waals surface area contributed by atoms with E-state index in [0.29, 0.717) is 11.6 Å². The minimum atomic E-state index is -0.549. The second-order valence-electron chi connectivity index (χ2n) is 6.18. The van der Waals surface area contributed by atoms with Gasteiger partial charge in [0.25, 0.3) is 0 Å². The van der Waals surface area contributed by atoms with Crippen LogP contribution in [0.2, 0.25) is 5.02 Å². The third-order valence-electron chi connectivity index (χ3n) is 3.98. The fourth-order valence-electron chi connectivity index (χ4n) is 2.56. The number of halogens is 1. The highest BCUT2D eigenvalue weighted by atomic mass is 35.5. The van der Waals surface area contributed by atoms with E-state index in [2.05, 4.69) is 41.8 Å². The molecule has 0 radical (unpaired) electrons. The van der Waals surface area contributed by atoms with Gasteiger partial charge in [0.05, 0.1) is 6.10 Å². The Morgan fingerprint density at radius 1 is 1.16 bits per heavy atom. The third kappa shape index (κ3) is 7.38. The van der Waals surface area contributed by atoms with Gasteiger partial charge in [-0.3, -0.25) is 0 Å². The van der Waals surface area contributed by atoms with Crippen LogP contribution in [0.25, 0.3) is 0 Å². The molecule has 25 heavy (non-hydrogen) atoms. The zero-order chi connectivity index (χ0) is 18.1. The van der Waals surface area contributed by atoms with Crippen LogP contribution < -0.4 is 10.6 Å². The molecule has 0 saturated carbocycles. The topological polar surface area (TPSA) is 44.3 Å². The Morgan fingerprint density at radius 3 is 2.60 bits per heavy atom. The zero-order valence-electron chi connectivity index (χ0n) is 14.8. The van der Waals surface area contributed by atoms with Gasteiger partial charge in [-0.15, -0.1) is 11.8 Å². The number of benzene rings is 2. The molecule has 2 unspecified atom stereocenters. The van der Waals surface area contributed by atoms with Crippen molar-refractivity contribution in [2.45, 2.75) is 30.4 Å². The molecule has 3 nitrogen and oxygen atoms in total. The van der Waals surface area contributed by atoms with Crippen molar-refractivity contribution in [3.8, 4) is 0 Å². The normalized spacial score (nSPS) is 13.6. The second kappa shape index (κ2) is 10.8. The lowest BCUT2D eigenvalue weighted by atomic mass is 10.1. The molecule has 0 heterocycles. The Labute approximate surface area is 160 Å². The standard InChI is InChI=1S/C20H27ClN2OS/c1-15(23-14-20(24)17-4-3-5-18(21)13-17)12-16-6-8-19(9-7-16)25-11-10-22-2/h3-9,13,15,20,22-24H,10-12,14H2,1-2H3. The first-order chi connectivity index (χ1) is 12.1. The minimum absolute atomic E-state index is 0.289. The molecule has 3 N–H and O–H groups in total. The highest BCUT2D eigenvalue weighted by Crippen LogP contribution is 2.19. The smallest absolute Gasteiger partial charge is 0.0914 e. The molecule has 0 aromatic heterocycles. The van der Waals surface area contributed by atoms with Crippen molar-refractivity contribution >= 4 is 23.4 Å². The largest absolute Gasteiger partial charge is 0.387 e. The molecule has 0 amide bonds. The van der Waals surface area contributed by atoms with Crippen LogP contribution in [-0.2, 0) is 6.42 Å². The first-order valence-corrected chi connectivity index (χ1v) is 9.98. The van der Waals surface area contributed by atoms with Crippen LogP contribution in [-0.4, -0.2) is 37.0 Å². The Bertz CT molecular complexity index is 636. The molecule has 0 spiro atoms. The van der Waals surface area contributed by atoms with Gasteiger partial charge in [0.2, 0.25) is 0 Å². The van der Waals surface area contributed by atoms with Crippen molar-refractivity contribution in [1.82, 2.24) is 10.6 Å². The average Bonchev–Trinajstić information content (AvgIpc) is 2.61. The number of aliphatic hydroxyl groups is 1. The summed E-state index contributed by atoms with van der Waals surface area (Å²) in [7, 11) is 1.97. The molecular weight excluding hydrogens is 352 g/mol. The van der Waals surface area contributed by atoms with Crippen LogP contribution in [0.15, 0.2) is 53.4 Å². The van der Waals surface area contributed by atoms with E-state index in [9.17, 15) is 5.11 Å². The monoisotopic (exact) mass is 378 g/mol. The molecule has 2 aromatic carbocycles. The summed E-state index contributed by atoms with van der Waals surface area (Å²) in [6.45, 7) is 3.67. The summed E-state index contributed by atoms with van der Waals surface area (Å²) in [5, 5.41) is 17.5. The van der Waals surface area contributed by atoms with Gasteiger partial charge in [-0.25, -0.2) is 0 Å². The van der Waals surface area contributed by atoms with Crippen LogP contribution in [0, 0.1) is 0 Å². The predicted molar refractivity (Wildman–Crippen MR) is 109 cm³/mol. The van der Waals surface area contributed by atoms with Gasteiger partial charge in [0.15, 0.2) is 0 Å². The fourth-order valence-corrected chi connectivity index (χ4v) is 3.63. The minimum Gasteiger partial charge on any atom is -0.387 e. The van der Waals surface area contributed by atoms with Gasteiger partial charge in [-0.05, 0) is 55.8 Å². The van der Waals surface area contributed by atoms with E-state index < -0.39 is 6.10 Å². The van der Waals surface area contributed by atoms with Gasteiger partial charge in [-0.2, -0.15) is 0 Å². The lowest BCUT2D eigenvalue weighted by Crippen LogP contribution is -2.32. The molecule has 2 aromatic rings. The van der Waals surface area contributed by atoms with E-state index in [1.54, 1.807) is 0 Å². The summed E-state index contributed by atoms with van der Waals surface area (Å²) in [5.41, 5.74) is 2.14. The Balaban J connectivity index is 1.76. The predicted octanol–water partition coefficient (Wildman–Crippen LogP) is 3.91. The van der Waals surface area contributed by atoms with Gasteiger partial charge in [-0.1, -0.05) is 35.9 Å². The molecule has 0 saturated heterocycles. The van der Waals surface area contributed by atoms with E-state index in [1.165, 1.54) is 10.5 Å². The highest BCUT2D eigenvalue weighted by molar-refractivity contribution is 7.99. The fraction of sp³-hybridized carbons (Fsp3) is 0.400. The van der Waals surface area contributed by atoms with Crippen molar-refractivity contribution in [2.24, 2.45) is 0 Å². The first kappa shape index (κ1) is 20.3. The lowest BCUT2D eigenvalue weighted by Gasteiger charge is -2.18. The van der Waals surface area contributed by atoms with E-state index in [-0.39, 0.29) is 6.04 Å². The van der Waals surface area contributed by atoms with E-state index in [4.69, 9.17) is 11.6 Å². The van der Waals surface area contributed by atoms with Crippen LogP contribution in [0.5, 0.6) is 0 Å². The Kier molecular flexibility index (Phi) is 8.79. The molecule has 5 heteroatoms. The van der Waals surface area contributed by atoms with E-state index in [0.717, 1.165) is 24.3 Å². The molecule has 0 aliphatic heterocycles. The van der Waals surface area contributed by atoms with Crippen molar-refractivity contribution in [1.29, 1.82) is 0 Å². The van der Waals surface area contributed by atoms with Crippen molar-refractivity contribution in [2.75, 3.05) is 25.9 Å². The molecule has 2 atom stereocenters. The maximum atomic E-state index is 10.3. The highest BCUT2D eigenvalue weighted by Gasteiger charge is 2.10. The zero-order valence-corrected chi connectivity index (χ0v) is 16.4. The summed E-state index contributed by atoms with van der Waals surface area (Å²) < 4.78 is 0. The molecule has 2 rings (SSSR count). The molecule has 136 valence electrons. The molecule has 0 bridgehead atoms. The maximum Gasteiger partial charge on any atom is 0.0914 e. The van der Waals surface area contributed by atoms with Crippen molar-refractivity contribution in [3.63, 3.8) is 0 Å². The maximum absolute atomic E-state index is 10.3. The second-order valence-corrected chi connectivity index (χ2v) is 7.78. The van der Waals surface area contributed by atoms with Crippen LogP contribution in [0.1, 0.15) is 24.2 Å². The molecule has 0 aliphatic rings. The number of thioether (sulfide) groups is 1. The van der Waals surface area contributed by atoms with E-state index in [1.807, 2.05) is 43.1 Å². The number of rotatable bonds is 10. The lowest BCUT2D eigenvalue weighted by molar-refractivity contribution is 0.170. The number of aliphatic hydroxyl groups excluding tert-OH is 1. The summed E-state index contributed by atoms with van der Waals surface area (Å²) >= 11 is 7.84. The quantitative estimate of drug-likeness (QED) is 0.433. The number of hydrogen-bond donors (Lipinski definition) is 3. The molecule has 0 fully saturated rings. The van der Waals surface area contributed by atoms with Crippen molar-refractivity contribution < 1.29 is 5.11 Å².